The predicted molar refractivity (Wildman–Crippen MR) is 83.3 cm³/mol. The summed E-state index contributed by atoms with van der Waals surface area (Å²) in [4.78, 5) is 12.2. The summed E-state index contributed by atoms with van der Waals surface area (Å²) in [5.41, 5.74) is -0.490. The molecule has 2 rings (SSSR count). The number of carbonyl (C=O) groups excluding carboxylic acids is 1. The Hall–Kier alpha value is -2.68. The van der Waals surface area contributed by atoms with Gasteiger partial charge in [0, 0.05) is 5.69 Å². The van der Waals surface area contributed by atoms with E-state index in [4.69, 9.17) is 4.74 Å². The first-order valence-electron chi connectivity index (χ1n) is 7.50. The molecule has 2 N–H and O–H groups in total. The molecule has 140 valence electrons. The SMILES string of the molecule is COc1ccc(NC(=O)C[NH+](C)Cc2c(F)c(F)c(F)c(F)c2F)cc1. The standard InChI is InChI=1S/C17H15F5N2O2/c1-24(7-11-13(18)15(20)17(22)16(21)14(11)19)8-12(25)23-9-3-5-10(26-2)6-4-9/h3-6H,7-8H2,1-2H3,(H,23,25)/p+1. The number of hydrogen-bond acceptors (Lipinski definition) is 2. The summed E-state index contributed by atoms with van der Waals surface area (Å²) in [6.07, 6.45) is 0. The number of benzene rings is 2. The van der Waals surface area contributed by atoms with Crippen molar-refractivity contribution < 1.29 is 36.4 Å². The van der Waals surface area contributed by atoms with Crippen LogP contribution in [-0.4, -0.2) is 26.6 Å². The van der Waals surface area contributed by atoms with Crippen LogP contribution in [0.25, 0.3) is 0 Å². The predicted octanol–water partition coefficient (Wildman–Crippen LogP) is 2.04. The largest absolute Gasteiger partial charge is 0.497 e. The number of anilines is 1. The van der Waals surface area contributed by atoms with Crippen molar-refractivity contribution in [2.24, 2.45) is 0 Å². The van der Waals surface area contributed by atoms with Gasteiger partial charge in [-0.25, -0.2) is 22.0 Å². The minimum atomic E-state index is -2.21. The van der Waals surface area contributed by atoms with Gasteiger partial charge in [-0.3, -0.25) is 4.79 Å². The molecule has 0 radical (unpaired) electrons. The Labute approximate surface area is 146 Å². The fourth-order valence-corrected chi connectivity index (χ4v) is 2.32. The smallest absolute Gasteiger partial charge is 0.279 e. The molecule has 1 atom stereocenters. The summed E-state index contributed by atoms with van der Waals surface area (Å²) in [5.74, 6) is -9.90. The maximum atomic E-state index is 13.7. The van der Waals surface area contributed by atoms with Crippen LogP contribution in [0.3, 0.4) is 0 Å². The Morgan fingerprint density at radius 1 is 0.962 bits per heavy atom. The monoisotopic (exact) mass is 375 g/mol. The summed E-state index contributed by atoms with van der Waals surface area (Å²) in [6.45, 7) is -0.798. The van der Waals surface area contributed by atoms with Gasteiger partial charge in [-0.1, -0.05) is 0 Å². The van der Waals surface area contributed by atoms with Crippen molar-refractivity contribution in [3.63, 3.8) is 0 Å². The normalized spacial score (nSPS) is 12.0. The average Bonchev–Trinajstić information content (AvgIpc) is 2.62. The number of methoxy groups -OCH3 is 1. The molecule has 0 spiro atoms. The van der Waals surface area contributed by atoms with Gasteiger partial charge in [0.15, 0.2) is 29.8 Å². The summed E-state index contributed by atoms with van der Waals surface area (Å²) in [6, 6.07) is 6.44. The van der Waals surface area contributed by atoms with Crippen molar-refractivity contribution in [1.29, 1.82) is 0 Å². The van der Waals surface area contributed by atoms with Crippen molar-refractivity contribution in [2.45, 2.75) is 6.54 Å². The van der Waals surface area contributed by atoms with E-state index >= 15 is 0 Å². The Morgan fingerprint density at radius 2 is 1.46 bits per heavy atom. The highest BCUT2D eigenvalue weighted by molar-refractivity contribution is 5.91. The highest BCUT2D eigenvalue weighted by Gasteiger charge is 2.27. The molecule has 0 aromatic heterocycles. The Morgan fingerprint density at radius 3 is 1.96 bits per heavy atom. The number of halogens is 5. The van der Waals surface area contributed by atoms with Crippen LogP contribution in [-0.2, 0) is 11.3 Å². The summed E-state index contributed by atoms with van der Waals surface area (Å²) >= 11 is 0. The molecule has 4 nitrogen and oxygen atoms in total. The molecule has 0 heterocycles. The van der Waals surface area contributed by atoms with E-state index in [1.807, 2.05) is 0 Å². The first-order valence-corrected chi connectivity index (χ1v) is 7.50. The van der Waals surface area contributed by atoms with Crippen molar-refractivity contribution in [2.75, 3.05) is 26.0 Å². The number of hydrogen-bond donors (Lipinski definition) is 2. The molecule has 0 fully saturated rings. The lowest BCUT2D eigenvalue weighted by Crippen LogP contribution is -3.08. The molecular weight excluding hydrogens is 359 g/mol. The topological polar surface area (TPSA) is 42.8 Å². The van der Waals surface area contributed by atoms with Crippen LogP contribution < -0.4 is 15.0 Å². The van der Waals surface area contributed by atoms with Gasteiger partial charge >= 0.3 is 0 Å². The van der Waals surface area contributed by atoms with Crippen LogP contribution in [0.4, 0.5) is 27.6 Å². The number of nitrogens with one attached hydrogen (secondary N) is 2. The number of quaternary nitrogens is 1. The molecule has 2 aromatic carbocycles. The number of carbonyl (C=O) groups is 1. The van der Waals surface area contributed by atoms with Gasteiger partial charge in [-0.05, 0) is 24.3 Å². The van der Waals surface area contributed by atoms with E-state index in [-0.39, 0.29) is 11.4 Å². The quantitative estimate of drug-likeness (QED) is 0.461. The van der Waals surface area contributed by atoms with Crippen LogP contribution in [0, 0.1) is 29.1 Å². The van der Waals surface area contributed by atoms with Gasteiger partial charge in [0.1, 0.15) is 12.3 Å². The lowest BCUT2D eigenvalue weighted by atomic mass is 10.1. The zero-order valence-electron chi connectivity index (χ0n) is 13.9. The van der Waals surface area contributed by atoms with Gasteiger partial charge in [0.2, 0.25) is 5.82 Å². The van der Waals surface area contributed by atoms with E-state index in [2.05, 4.69) is 5.32 Å². The molecule has 0 saturated carbocycles. The fraction of sp³-hybridized carbons (Fsp3) is 0.235. The van der Waals surface area contributed by atoms with Crippen molar-refractivity contribution in [3.8, 4) is 5.75 Å². The third kappa shape index (κ3) is 4.29. The maximum Gasteiger partial charge on any atom is 0.279 e. The molecule has 0 aliphatic carbocycles. The second kappa shape index (κ2) is 8.13. The van der Waals surface area contributed by atoms with Crippen LogP contribution in [0.15, 0.2) is 24.3 Å². The first-order chi connectivity index (χ1) is 12.2. The summed E-state index contributed by atoms with van der Waals surface area (Å²) < 4.78 is 71.8. The van der Waals surface area contributed by atoms with Crippen molar-refractivity contribution >= 4 is 11.6 Å². The molecule has 0 saturated heterocycles. The Bertz CT molecular complexity index is 783. The highest BCUT2D eigenvalue weighted by atomic mass is 19.2. The van der Waals surface area contributed by atoms with Crippen LogP contribution in [0.1, 0.15) is 5.56 Å². The fourth-order valence-electron chi connectivity index (χ4n) is 2.32. The molecule has 9 heteroatoms. The Kier molecular flexibility index (Phi) is 6.14. The third-order valence-corrected chi connectivity index (χ3v) is 3.62. The van der Waals surface area contributed by atoms with Gasteiger partial charge in [-0.2, -0.15) is 0 Å². The summed E-state index contributed by atoms with van der Waals surface area (Å²) in [7, 11) is 2.89. The molecule has 0 bridgehead atoms. The van der Waals surface area contributed by atoms with Crippen LogP contribution >= 0.6 is 0 Å². The molecule has 0 aliphatic heterocycles. The molecular formula is C17H16F5N2O2+. The maximum absolute atomic E-state index is 13.7. The molecule has 1 unspecified atom stereocenters. The third-order valence-electron chi connectivity index (χ3n) is 3.62. The number of rotatable bonds is 6. The second-order valence-corrected chi connectivity index (χ2v) is 5.64. The van der Waals surface area contributed by atoms with Crippen molar-refractivity contribution in [3.05, 3.63) is 58.9 Å². The van der Waals surface area contributed by atoms with E-state index < -0.39 is 47.1 Å². The molecule has 0 aliphatic rings. The minimum Gasteiger partial charge on any atom is -0.497 e. The minimum absolute atomic E-state index is 0.235. The van der Waals surface area contributed by atoms with Gasteiger partial charge in [-0.15, -0.1) is 0 Å². The van der Waals surface area contributed by atoms with Crippen LogP contribution in [0.2, 0.25) is 0 Å². The molecule has 26 heavy (non-hydrogen) atoms. The average molecular weight is 375 g/mol. The first kappa shape index (κ1) is 19.6. The zero-order chi connectivity index (χ0) is 19.4. The van der Waals surface area contributed by atoms with E-state index in [0.29, 0.717) is 11.4 Å². The highest BCUT2D eigenvalue weighted by Crippen LogP contribution is 2.22. The lowest BCUT2D eigenvalue weighted by molar-refractivity contribution is -0.885. The second-order valence-electron chi connectivity index (χ2n) is 5.64. The van der Waals surface area contributed by atoms with Gasteiger partial charge < -0.3 is 15.0 Å². The lowest BCUT2D eigenvalue weighted by Gasteiger charge is -2.15. The van der Waals surface area contributed by atoms with E-state index in [1.54, 1.807) is 24.3 Å². The van der Waals surface area contributed by atoms with Crippen molar-refractivity contribution in [1.82, 2.24) is 0 Å². The number of likely N-dealkylation sites (N-methyl/N-ethyl adjacent to an activating group) is 1. The van der Waals surface area contributed by atoms with Crippen LogP contribution in [0.5, 0.6) is 5.75 Å². The van der Waals surface area contributed by atoms with E-state index in [0.717, 1.165) is 0 Å². The van der Waals surface area contributed by atoms with Gasteiger partial charge in [0.25, 0.3) is 5.91 Å². The number of amides is 1. The summed E-state index contributed by atoms with van der Waals surface area (Å²) in [5, 5.41) is 2.56. The van der Waals surface area contributed by atoms with Gasteiger partial charge in [0.05, 0.1) is 19.7 Å². The Balaban J connectivity index is 2.04. The molecule has 2 aromatic rings. The van der Waals surface area contributed by atoms with E-state index in [9.17, 15) is 26.7 Å². The number of ether oxygens (including phenoxy) is 1. The van der Waals surface area contributed by atoms with E-state index in [1.165, 1.54) is 14.2 Å². The zero-order valence-corrected chi connectivity index (χ0v) is 13.9. The molecule has 1 amide bonds.